The molecule has 19 heavy (non-hydrogen) atoms. The minimum Gasteiger partial charge on any atom is -0.393 e. The van der Waals surface area contributed by atoms with Crippen molar-refractivity contribution in [2.24, 2.45) is 17.6 Å². The van der Waals surface area contributed by atoms with Gasteiger partial charge in [0.05, 0.1) is 22.0 Å². The number of nitrogens with zero attached hydrogens (tertiary/aromatic N) is 1. The van der Waals surface area contributed by atoms with Gasteiger partial charge in [0, 0.05) is 5.92 Å². The molecule has 0 aliphatic carbocycles. The summed E-state index contributed by atoms with van der Waals surface area (Å²) in [5.74, 6) is -2.14. The largest absolute Gasteiger partial charge is 0.393 e. The highest BCUT2D eigenvalue weighted by Gasteiger charge is 2.44. The van der Waals surface area contributed by atoms with Gasteiger partial charge in [-0.05, 0) is 5.56 Å². The van der Waals surface area contributed by atoms with E-state index < -0.39 is 23.7 Å². The van der Waals surface area contributed by atoms with E-state index in [9.17, 15) is 10.1 Å². The van der Waals surface area contributed by atoms with E-state index in [1.165, 1.54) is 0 Å². The van der Waals surface area contributed by atoms with Gasteiger partial charge in [-0.2, -0.15) is 5.26 Å². The van der Waals surface area contributed by atoms with Crippen molar-refractivity contribution in [2.75, 3.05) is 0 Å². The quantitative estimate of drug-likeness (QED) is 0.802. The Labute approximate surface area is 121 Å². The number of nitrogens with two attached hydrogens (primary N) is 1. The zero-order valence-electron chi connectivity index (χ0n) is 9.87. The molecule has 1 aliphatic rings. The van der Waals surface area contributed by atoms with E-state index in [2.05, 4.69) is 5.32 Å². The highest BCUT2D eigenvalue weighted by molar-refractivity contribution is 7.82. The molecule has 1 saturated heterocycles. The molecule has 1 aliphatic heterocycles. The minimum atomic E-state index is -0.847. The van der Waals surface area contributed by atoms with E-state index in [-0.39, 0.29) is 9.98 Å². The highest BCUT2D eigenvalue weighted by atomic mass is 32.1. The van der Waals surface area contributed by atoms with Crippen LogP contribution in [0.1, 0.15) is 11.5 Å². The maximum atomic E-state index is 11.9. The number of carbonyl (C=O) groups is 1. The molecule has 1 fully saturated rings. The van der Waals surface area contributed by atoms with Crippen LogP contribution < -0.4 is 11.1 Å². The van der Waals surface area contributed by atoms with Gasteiger partial charge in [-0.1, -0.05) is 54.8 Å². The summed E-state index contributed by atoms with van der Waals surface area (Å²) in [6.07, 6.45) is 0. The van der Waals surface area contributed by atoms with Crippen molar-refractivity contribution >= 4 is 40.3 Å². The lowest BCUT2D eigenvalue weighted by Gasteiger charge is -2.34. The van der Waals surface area contributed by atoms with E-state index in [1.54, 1.807) is 0 Å². The lowest BCUT2D eigenvalue weighted by atomic mass is 9.74. The Hall–Kier alpha value is -1.84. The van der Waals surface area contributed by atoms with Crippen LogP contribution in [0.25, 0.3) is 0 Å². The molecule has 1 aromatic rings. The van der Waals surface area contributed by atoms with Crippen molar-refractivity contribution in [3.8, 4) is 6.07 Å². The molecule has 1 amide bonds. The van der Waals surface area contributed by atoms with Gasteiger partial charge in [0.2, 0.25) is 5.91 Å². The summed E-state index contributed by atoms with van der Waals surface area (Å²) in [6, 6.07) is 11.3. The Bertz CT molecular complexity index is 579. The van der Waals surface area contributed by atoms with Crippen LogP contribution >= 0.6 is 24.4 Å². The number of nitriles is 1. The fourth-order valence-corrected chi connectivity index (χ4v) is 3.01. The van der Waals surface area contributed by atoms with Gasteiger partial charge in [0.25, 0.3) is 0 Å². The van der Waals surface area contributed by atoms with Crippen LogP contribution in [0.4, 0.5) is 0 Å². The summed E-state index contributed by atoms with van der Waals surface area (Å²) >= 11 is 10.2. The van der Waals surface area contributed by atoms with Crippen LogP contribution in [0, 0.1) is 23.2 Å². The zero-order valence-corrected chi connectivity index (χ0v) is 11.5. The van der Waals surface area contributed by atoms with Crippen molar-refractivity contribution in [1.29, 1.82) is 5.26 Å². The number of carbonyl (C=O) groups excluding carboxylic acids is 1. The summed E-state index contributed by atoms with van der Waals surface area (Å²) < 4.78 is 0. The lowest BCUT2D eigenvalue weighted by molar-refractivity contribution is -0.123. The van der Waals surface area contributed by atoms with Crippen molar-refractivity contribution in [3.63, 3.8) is 0 Å². The molecule has 0 aromatic heterocycles. The topological polar surface area (TPSA) is 78.9 Å². The lowest BCUT2D eigenvalue weighted by Crippen LogP contribution is -2.53. The molecule has 3 N–H and O–H groups in total. The second-order valence-electron chi connectivity index (χ2n) is 4.28. The number of amides is 1. The van der Waals surface area contributed by atoms with Gasteiger partial charge >= 0.3 is 0 Å². The third-order valence-electron chi connectivity index (χ3n) is 3.16. The molecule has 0 radical (unpaired) electrons. The van der Waals surface area contributed by atoms with Crippen molar-refractivity contribution in [3.05, 3.63) is 35.9 Å². The van der Waals surface area contributed by atoms with Gasteiger partial charge in [-0.15, -0.1) is 0 Å². The van der Waals surface area contributed by atoms with E-state index >= 15 is 0 Å². The average Bonchev–Trinajstić information content (AvgIpc) is 2.38. The Morgan fingerprint density at radius 2 is 2.00 bits per heavy atom. The molecule has 4 nitrogen and oxygen atoms in total. The molecule has 1 aromatic carbocycles. The predicted octanol–water partition coefficient (Wildman–Crippen LogP) is 1.27. The summed E-state index contributed by atoms with van der Waals surface area (Å²) in [4.78, 5) is 12.4. The fraction of sp³-hybridized carbons (Fsp3) is 0.231. The molecule has 0 saturated carbocycles. The Morgan fingerprint density at radius 1 is 1.37 bits per heavy atom. The first kappa shape index (κ1) is 13.6. The Morgan fingerprint density at radius 3 is 2.53 bits per heavy atom. The number of rotatable bonds is 2. The molecular weight excluding hydrogens is 278 g/mol. The molecule has 0 bridgehead atoms. The van der Waals surface area contributed by atoms with Crippen molar-refractivity contribution in [1.82, 2.24) is 5.32 Å². The second-order valence-corrected chi connectivity index (χ2v) is 5.19. The molecule has 1 heterocycles. The van der Waals surface area contributed by atoms with Gasteiger partial charge < -0.3 is 11.1 Å². The molecule has 6 heteroatoms. The molecule has 2 rings (SSSR count). The number of benzene rings is 1. The maximum absolute atomic E-state index is 11.9. The smallest absolute Gasteiger partial charge is 0.242 e. The Balaban J connectivity index is 2.53. The normalized spacial score (nSPS) is 26.4. The average molecular weight is 289 g/mol. The van der Waals surface area contributed by atoms with Gasteiger partial charge in [-0.3, -0.25) is 4.79 Å². The van der Waals surface area contributed by atoms with E-state index in [0.29, 0.717) is 0 Å². The minimum absolute atomic E-state index is 0.194. The van der Waals surface area contributed by atoms with E-state index in [0.717, 1.165) is 5.56 Å². The van der Waals surface area contributed by atoms with Crippen molar-refractivity contribution in [2.45, 2.75) is 5.92 Å². The third-order valence-corrected chi connectivity index (χ3v) is 3.77. The van der Waals surface area contributed by atoms with Crippen LogP contribution in [0.5, 0.6) is 0 Å². The van der Waals surface area contributed by atoms with Crippen molar-refractivity contribution < 1.29 is 4.79 Å². The maximum Gasteiger partial charge on any atom is 0.242 e. The highest BCUT2D eigenvalue weighted by Crippen LogP contribution is 2.36. The number of piperidine rings is 1. The third kappa shape index (κ3) is 2.48. The number of hydrogen-bond donors (Lipinski definition) is 2. The summed E-state index contributed by atoms with van der Waals surface area (Å²) in [6.45, 7) is 0. The second kappa shape index (κ2) is 5.43. The monoisotopic (exact) mass is 289 g/mol. The first-order valence-electron chi connectivity index (χ1n) is 5.65. The number of hydrogen-bond acceptors (Lipinski definition) is 4. The summed E-state index contributed by atoms with van der Waals surface area (Å²) in [7, 11) is 0. The SMILES string of the molecule is N#C[C@@H]1C(=O)NC(=S)[C@H](C(N)=S)[C@@H]1c1ccccc1. The molecule has 0 unspecified atom stereocenters. The zero-order chi connectivity index (χ0) is 14.0. The number of thiocarbonyl (C=S) groups is 2. The first-order valence-corrected chi connectivity index (χ1v) is 6.46. The van der Waals surface area contributed by atoms with Crippen LogP contribution in [-0.4, -0.2) is 15.9 Å². The van der Waals surface area contributed by atoms with Gasteiger partial charge in [-0.25, -0.2) is 0 Å². The van der Waals surface area contributed by atoms with E-state index in [4.69, 9.17) is 30.2 Å². The van der Waals surface area contributed by atoms with Gasteiger partial charge in [0.1, 0.15) is 5.92 Å². The molecule has 96 valence electrons. The summed E-state index contributed by atoms with van der Waals surface area (Å²) in [5, 5.41) is 11.8. The predicted molar refractivity (Wildman–Crippen MR) is 79.3 cm³/mol. The summed E-state index contributed by atoms with van der Waals surface area (Å²) in [5.41, 5.74) is 6.57. The molecular formula is C13H11N3OS2. The standard InChI is InChI=1S/C13H11N3OS2/c14-6-8-9(7-4-2-1-3-5-7)10(11(15)18)13(19)16-12(8)17/h1-5,8-10H,(H2,15,18)(H,16,17,19)/t8-,9+,10-/m0/s1. The van der Waals surface area contributed by atoms with Crippen LogP contribution in [-0.2, 0) is 4.79 Å². The molecule has 3 atom stereocenters. The van der Waals surface area contributed by atoms with E-state index in [1.807, 2.05) is 36.4 Å². The van der Waals surface area contributed by atoms with Crippen LogP contribution in [0.3, 0.4) is 0 Å². The van der Waals surface area contributed by atoms with Crippen LogP contribution in [0.2, 0.25) is 0 Å². The number of nitrogens with one attached hydrogen (secondary N) is 1. The Kier molecular flexibility index (Phi) is 3.88. The first-order chi connectivity index (χ1) is 9.06. The van der Waals surface area contributed by atoms with Crippen LogP contribution in [0.15, 0.2) is 30.3 Å². The molecule has 0 spiro atoms. The van der Waals surface area contributed by atoms with Gasteiger partial charge in [0.15, 0.2) is 0 Å². The fourth-order valence-electron chi connectivity index (χ4n) is 2.30.